The first-order valence-electron chi connectivity index (χ1n) is 5.61. The molecule has 1 N–H and O–H groups in total. The third kappa shape index (κ3) is 1.20. The Labute approximate surface area is 85.0 Å². The van der Waals surface area contributed by atoms with Crippen LogP contribution < -0.4 is 0 Å². The van der Waals surface area contributed by atoms with Crippen LogP contribution in [0.4, 0.5) is 0 Å². The Morgan fingerprint density at radius 3 is 2.71 bits per heavy atom. The molecule has 2 rings (SSSR count). The summed E-state index contributed by atoms with van der Waals surface area (Å²) in [7, 11) is 0. The fourth-order valence-corrected chi connectivity index (χ4v) is 2.90. The van der Waals surface area contributed by atoms with Crippen LogP contribution in [-0.2, 0) is 4.79 Å². The minimum atomic E-state index is -0.593. The number of hydrogen-bond acceptors (Lipinski definition) is 1. The van der Waals surface area contributed by atoms with Crippen molar-refractivity contribution in [2.45, 2.75) is 45.4 Å². The first-order valence-corrected chi connectivity index (χ1v) is 5.61. The maximum absolute atomic E-state index is 11.4. The van der Waals surface area contributed by atoms with Crippen LogP contribution in [0.3, 0.4) is 0 Å². The number of carbonyl (C=O) groups is 1. The number of aliphatic carboxylic acids is 1. The van der Waals surface area contributed by atoms with Crippen LogP contribution in [0.25, 0.3) is 0 Å². The summed E-state index contributed by atoms with van der Waals surface area (Å²) in [6, 6.07) is 0. The van der Waals surface area contributed by atoms with E-state index in [0.29, 0.717) is 5.92 Å². The lowest BCUT2D eigenvalue weighted by molar-refractivity contribution is -0.156. The molecule has 0 aliphatic heterocycles. The smallest absolute Gasteiger partial charge is 0.314 e. The van der Waals surface area contributed by atoms with Crippen LogP contribution in [0.15, 0.2) is 11.6 Å². The summed E-state index contributed by atoms with van der Waals surface area (Å²) in [4.78, 5) is 11.4. The highest BCUT2D eigenvalue weighted by atomic mass is 16.4. The molecule has 0 saturated heterocycles. The van der Waals surface area contributed by atoms with Gasteiger partial charge in [0.1, 0.15) is 0 Å². The van der Waals surface area contributed by atoms with Crippen molar-refractivity contribution < 1.29 is 9.90 Å². The molecule has 2 unspecified atom stereocenters. The molecule has 14 heavy (non-hydrogen) atoms. The second-order valence-electron chi connectivity index (χ2n) is 4.69. The van der Waals surface area contributed by atoms with E-state index in [1.807, 2.05) is 0 Å². The second-order valence-corrected chi connectivity index (χ2v) is 4.69. The molecule has 0 amide bonds. The maximum atomic E-state index is 11.4. The molecular weight excluding hydrogens is 176 g/mol. The first-order chi connectivity index (χ1) is 6.68. The van der Waals surface area contributed by atoms with Crippen molar-refractivity contribution in [3.63, 3.8) is 0 Å². The van der Waals surface area contributed by atoms with Crippen LogP contribution in [0.2, 0.25) is 0 Å². The molecule has 78 valence electrons. The Hall–Kier alpha value is -0.790. The standard InChI is InChI=1S/C12H18O2/c1-9-7-8-12(9,11(13)14)10-5-3-2-4-6-10/h5,9H,2-4,6-8H2,1H3,(H,13,14). The monoisotopic (exact) mass is 194 g/mol. The van der Waals surface area contributed by atoms with E-state index in [1.165, 1.54) is 18.4 Å². The van der Waals surface area contributed by atoms with Crippen LogP contribution in [0, 0.1) is 11.3 Å². The molecule has 1 fully saturated rings. The quantitative estimate of drug-likeness (QED) is 0.686. The van der Waals surface area contributed by atoms with E-state index in [0.717, 1.165) is 25.7 Å². The van der Waals surface area contributed by atoms with Crippen molar-refractivity contribution in [2.75, 3.05) is 0 Å². The first kappa shape index (κ1) is 9.75. The summed E-state index contributed by atoms with van der Waals surface area (Å²) < 4.78 is 0. The molecule has 2 atom stereocenters. The molecule has 2 heteroatoms. The maximum Gasteiger partial charge on any atom is 0.314 e. The summed E-state index contributed by atoms with van der Waals surface area (Å²) in [5.74, 6) is -0.256. The van der Waals surface area contributed by atoms with Crippen molar-refractivity contribution in [2.24, 2.45) is 11.3 Å². The van der Waals surface area contributed by atoms with Gasteiger partial charge in [0.15, 0.2) is 0 Å². The van der Waals surface area contributed by atoms with E-state index < -0.39 is 11.4 Å². The molecule has 2 aliphatic carbocycles. The SMILES string of the molecule is CC1CCC1(C(=O)O)C1=CCCCC1. The molecule has 0 aromatic carbocycles. The fourth-order valence-electron chi connectivity index (χ4n) is 2.90. The number of allylic oxidation sites excluding steroid dienone is 1. The molecule has 0 heterocycles. The summed E-state index contributed by atoms with van der Waals surface area (Å²) in [5, 5.41) is 9.37. The minimum absolute atomic E-state index is 0.337. The van der Waals surface area contributed by atoms with Gasteiger partial charge in [0, 0.05) is 0 Å². The zero-order valence-corrected chi connectivity index (χ0v) is 8.75. The van der Waals surface area contributed by atoms with E-state index in [4.69, 9.17) is 0 Å². The van der Waals surface area contributed by atoms with Gasteiger partial charge in [-0.25, -0.2) is 0 Å². The minimum Gasteiger partial charge on any atom is -0.481 e. The van der Waals surface area contributed by atoms with E-state index >= 15 is 0 Å². The predicted octanol–water partition coefficient (Wildman–Crippen LogP) is 2.99. The van der Waals surface area contributed by atoms with Gasteiger partial charge < -0.3 is 5.11 Å². The molecule has 1 saturated carbocycles. The predicted molar refractivity (Wildman–Crippen MR) is 55.0 cm³/mol. The molecule has 0 aromatic rings. The highest BCUT2D eigenvalue weighted by molar-refractivity contribution is 5.80. The normalized spacial score (nSPS) is 37.2. The average molecular weight is 194 g/mol. The van der Waals surface area contributed by atoms with Gasteiger partial charge in [-0.1, -0.05) is 18.6 Å². The average Bonchev–Trinajstić information content (AvgIpc) is 2.17. The van der Waals surface area contributed by atoms with E-state index in [2.05, 4.69) is 13.0 Å². The van der Waals surface area contributed by atoms with Gasteiger partial charge in [0.25, 0.3) is 0 Å². The van der Waals surface area contributed by atoms with Gasteiger partial charge in [-0.05, 0) is 44.4 Å². The molecule has 2 nitrogen and oxygen atoms in total. The lowest BCUT2D eigenvalue weighted by atomic mass is 9.55. The Morgan fingerprint density at radius 1 is 1.57 bits per heavy atom. The molecule has 0 radical (unpaired) electrons. The van der Waals surface area contributed by atoms with Crippen molar-refractivity contribution >= 4 is 5.97 Å². The Balaban J connectivity index is 2.27. The third-order valence-electron chi connectivity index (χ3n) is 4.06. The van der Waals surface area contributed by atoms with Crippen molar-refractivity contribution in [1.29, 1.82) is 0 Å². The zero-order valence-electron chi connectivity index (χ0n) is 8.75. The number of rotatable bonds is 2. The fraction of sp³-hybridized carbons (Fsp3) is 0.750. The molecule has 0 bridgehead atoms. The number of carboxylic acids is 1. The summed E-state index contributed by atoms with van der Waals surface area (Å²) >= 11 is 0. The number of hydrogen-bond donors (Lipinski definition) is 1. The zero-order chi connectivity index (χ0) is 10.2. The van der Waals surface area contributed by atoms with Crippen LogP contribution in [-0.4, -0.2) is 11.1 Å². The van der Waals surface area contributed by atoms with Gasteiger partial charge in [-0.15, -0.1) is 0 Å². The molecular formula is C12H18O2. The van der Waals surface area contributed by atoms with Gasteiger partial charge in [-0.2, -0.15) is 0 Å². The topological polar surface area (TPSA) is 37.3 Å². The van der Waals surface area contributed by atoms with E-state index in [-0.39, 0.29) is 0 Å². The largest absolute Gasteiger partial charge is 0.481 e. The lowest BCUT2D eigenvalue weighted by Crippen LogP contribution is -2.47. The van der Waals surface area contributed by atoms with Crippen LogP contribution in [0.1, 0.15) is 45.4 Å². The van der Waals surface area contributed by atoms with Gasteiger partial charge in [-0.3, -0.25) is 4.79 Å². The molecule has 2 aliphatic rings. The Morgan fingerprint density at radius 2 is 2.36 bits per heavy atom. The third-order valence-corrected chi connectivity index (χ3v) is 4.06. The summed E-state index contributed by atoms with van der Waals surface area (Å²) in [5.41, 5.74) is 0.746. The van der Waals surface area contributed by atoms with E-state index in [1.54, 1.807) is 0 Å². The summed E-state index contributed by atoms with van der Waals surface area (Å²) in [6.07, 6.45) is 8.61. The summed E-state index contributed by atoms with van der Waals surface area (Å²) in [6.45, 7) is 2.08. The Kier molecular flexibility index (Phi) is 2.38. The van der Waals surface area contributed by atoms with Gasteiger partial charge in [0.2, 0.25) is 0 Å². The highest BCUT2D eigenvalue weighted by Gasteiger charge is 2.52. The van der Waals surface area contributed by atoms with E-state index in [9.17, 15) is 9.90 Å². The molecule has 0 spiro atoms. The molecule has 0 aromatic heterocycles. The Bertz CT molecular complexity index is 280. The van der Waals surface area contributed by atoms with Crippen molar-refractivity contribution in [3.05, 3.63) is 11.6 Å². The second kappa shape index (κ2) is 3.41. The van der Waals surface area contributed by atoms with Gasteiger partial charge >= 0.3 is 5.97 Å². The van der Waals surface area contributed by atoms with Crippen molar-refractivity contribution in [3.8, 4) is 0 Å². The lowest BCUT2D eigenvalue weighted by Gasteiger charge is -2.47. The number of carboxylic acid groups (broad SMARTS) is 1. The van der Waals surface area contributed by atoms with Crippen LogP contribution in [0.5, 0.6) is 0 Å². The highest BCUT2D eigenvalue weighted by Crippen LogP contribution is 2.54. The van der Waals surface area contributed by atoms with Crippen molar-refractivity contribution in [1.82, 2.24) is 0 Å². The van der Waals surface area contributed by atoms with Crippen LogP contribution >= 0.6 is 0 Å². The van der Waals surface area contributed by atoms with Gasteiger partial charge in [0.05, 0.1) is 5.41 Å².